The molecule has 1 amide bonds. The van der Waals surface area contributed by atoms with Crippen LogP contribution in [-0.2, 0) is 4.79 Å². The second-order valence-corrected chi connectivity index (χ2v) is 6.44. The van der Waals surface area contributed by atoms with Gasteiger partial charge in [0.15, 0.2) is 0 Å². The van der Waals surface area contributed by atoms with E-state index in [0.717, 1.165) is 51.4 Å². The van der Waals surface area contributed by atoms with Crippen molar-refractivity contribution in [3.05, 3.63) is 0 Å². The van der Waals surface area contributed by atoms with Crippen molar-refractivity contribution in [2.24, 2.45) is 11.3 Å². The van der Waals surface area contributed by atoms with Crippen molar-refractivity contribution in [1.29, 1.82) is 0 Å². The third-order valence-electron chi connectivity index (χ3n) is 5.20. The van der Waals surface area contributed by atoms with Crippen LogP contribution in [0, 0.1) is 11.3 Å². The molecule has 3 nitrogen and oxygen atoms in total. The molecule has 2 saturated heterocycles. The Balaban J connectivity index is 1.92. The van der Waals surface area contributed by atoms with E-state index in [2.05, 4.69) is 24.1 Å². The molecule has 2 rings (SSSR count). The summed E-state index contributed by atoms with van der Waals surface area (Å²) in [6.45, 7) is 8.38. The van der Waals surface area contributed by atoms with Gasteiger partial charge in [0.1, 0.15) is 0 Å². The summed E-state index contributed by atoms with van der Waals surface area (Å²) in [5, 5.41) is 3.43. The standard InChI is InChI=1S/C16H30N2O/c1-3-6-14-7-11-18(12-8-14)15(19)16(4-2)9-5-10-17-13-16/h14,17H,3-13H2,1-2H3. The van der Waals surface area contributed by atoms with Gasteiger partial charge in [-0.2, -0.15) is 0 Å². The summed E-state index contributed by atoms with van der Waals surface area (Å²) < 4.78 is 0. The summed E-state index contributed by atoms with van der Waals surface area (Å²) in [4.78, 5) is 15.0. The topological polar surface area (TPSA) is 32.3 Å². The molecule has 2 aliphatic heterocycles. The molecule has 1 unspecified atom stereocenters. The summed E-state index contributed by atoms with van der Waals surface area (Å²) in [5.41, 5.74) is -0.101. The molecular weight excluding hydrogens is 236 g/mol. The number of carbonyl (C=O) groups excluding carboxylic acids is 1. The number of piperidine rings is 2. The maximum Gasteiger partial charge on any atom is 0.230 e. The van der Waals surface area contributed by atoms with E-state index in [-0.39, 0.29) is 5.41 Å². The summed E-state index contributed by atoms with van der Waals surface area (Å²) >= 11 is 0. The van der Waals surface area contributed by atoms with Crippen molar-refractivity contribution < 1.29 is 4.79 Å². The van der Waals surface area contributed by atoms with Gasteiger partial charge < -0.3 is 10.2 Å². The predicted octanol–water partition coefficient (Wildman–Crippen LogP) is 2.80. The van der Waals surface area contributed by atoms with Crippen LogP contribution >= 0.6 is 0 Å². The maximum absolute atomic E-state index is 12.9. The molecule has 0 spiro atoms. The second-order valence-electron chi connectivity index (χ2n) is 6.44. The van der Waals surface area contributed by atoms with E-state index in [4.69, 9.17) is 0 Å². The fourth-order valence-corrected chi connectivity index (χ4v) is 3.77. The molecule has 2 heterocycles. The Bertz CT molecular complexity index is 289. The van der Waals surface area contributed by atoms with Crippen LogP contribution in [0.4, 0.5) is 0 Å². The quantitative estimate of drug-likeness (QED) is 0.848. The molecular formula is C16H30N2O. The number of hydrogen-bond donors (Lipinski definition) is 1. The Morgan fingerprint density at radius 2 is 2.05 bits per heavy atom. The van der Waals surface area contributed by atoms with Gasteiger partial charge in [0.05, 0.1) is 5.41 Å². The van der Waals surface area contributed by atoms with E-state index < -0.39 is 0 Å². The predicted molar refractivity (Wildman–Crippen MR) is 79.0 cm³/mol. The lowest BCUT2D eigenvalue weighted by Crippen LogP contribution is -2.53. The number of nitrogens with zero attached hydrogens (tertiary/aromatic N) is 1. The molecule has 19 heavy (non-hydrogen) atoms. The summed E-state index contributed by atoms with van der Waals surface area (Å²) in [6, 6.07) is 0. The monoisotopic (exact) mass is 266 g/mol. The average molecular weight is 266 g/mol. The van der Waals surface area contributed by atoms with Gasteiger partial charge in [-0.1, -0.05) is 26.7 Å². The third-order valence-corrected chi connectivity index (χ3v) is 5.20. The van der Waals surface area contributed by atoms with Crippen LogP contribution < -0.4 is 5.32 Å². The molecule has 110 valence electrons. The second kappa shape index (κ2) is 6.74. The number of nitrogens with one attached hydrogen (secondary N) is 1. The number of likely N-dealkylation sites (tertiary alicyclic amines) is 1. The van der Waals surface area contributed by atoms with Gasteiger partial charge in [-0.05, 0) is 44.6 Å². The minimum absolute atomic E-state index is 0.101. The smallest absolute Gasteiger partial charge is 0.230 e. The number of carbonyl (C=O) groups is 1. The highest BCUT2D eigenvalue weighted by Crippen LogP contribution is 2.34. The summed E-state index contributed by atoms with van der Waals surface area (Å²) in [5.74, 6) is 1.29. The molecule has 1 atom stereocenters. The molecule has 0 bridgehead atoms. The van der Waals surface area contributed by atoms with Gasteiger partial charge in [-0.3, -0.25) is 4.79 Å². The summed E-state index contributed by atoms with van der Waals surface area (Å²) in [6.07, 6.45) is 8.24. The van der Waals surface area contributed by atoms with E-state index in [1.54, 1.807) is 0 Å². The van der Waals surface area contributed by atoms with Gasteiger partial charge in [0.2, 0.25) is 5.91 Å². The lowest BCUT2D eigenvalue weighted by atomic mass is 9.76. The lowest BCUT2D eigenvalue weighted by Gasteiger charge is -2.42. The van der Waals surface area contributed by atoms with Gasteiger partial charge in [-0.15, -0.1) is 0 Å². The normalized spacial score (nSPS) is 29.5. The molecule has 0 aromatic heterocycles. The first kappa shape index (κ1) is 14.8. The van der Waals surface area contributed by atoms with Crippen molar-refractivity contribution in [2.45, 2.75) is 58.8 Å². The largest absolute Gasteiger partial charge is 0.342 e. The molecule has 0 saturated carbocycles. The molecule has 0 aromatic carbocycles. The summed E-state index contributed by atoms with van der Waals surface area (Å²) in [7, 11) is 0. The Labute approximate surface area is 118 Å². The first-order valence-electron chi connectivity index (χ1n) is 8.22. The number of amides is 1. The zero-order valence-electron chi connectivity index (χ0n) is 12.7. The van der Waals surface area contributed by atoms with Gasteiger partial charge in [0, 0.05) is 19.6 Å². The number of rotatable bonds is 4. The van der Waals surface area contributed by atoms with Crippen LogP contribution in [0.5, 0.6) is 0 Å². The van der Waals surface area contributed by atoms with E-state index in [0.29, 0.717) is 5.91 Å². The Morgan fingerprint density at radius 1 is 1.32 bits per heavy atom. The van der Waals surface area contributed by atoms with E-state index >= 15 is 0 Å². The van der Waals surface area contributed by atoms with E-state index in [9.17, 15) is 4.79 Å². The zero-order chi connectivity index (χ0) is 13.7. The van der Waals surface area contributed by atoms with Gasteiger partial charge in [0.25, 0.3) is 0 Å². The van der Waals surface area contributed by atoms with Crippen LogP contribution in [0.2, 0.25) is 0 Å². The van der Waals surface area contributed by atoms with Crippen LogP contribution in [0.1, 0.15) is 58.8 Å². The fraction of sp³-hybridized carbons (Fsp3) is 0.938. The van der Waals surface area contributed by atoms with Crippen molar-refractivity contribution >= 4 is 5.91 Å². The maximum atomic E-state index is 12.9. The Kier molecular flexibility index (Phi) is 5.26. The molecule has 0 radical (unpaired) electrons. The lowest BCUT2D eigenvalue weighted by molar-refractivity contribution is -0.145. The highest BCUT2D eigenvalue weighted by Gasteiger charge is 2.41. The zero-order valence-corrected chi connectivity index (χ0v) is 12.7. The Morgan fingerprint density at radius 3 is 2.58 bits per heavy atom. The number of hydrogen-bond acceptors (Lipinski definition) is 2. The molecule has 2 fully saturated rings. The Hall–Kier alpha value is -0.570. The highest BCUT2D eigenvalue weighted by molar-refractivity contribution is 5.83. The van der Waals surface area contributed by atoms with Crippen molar-refractivity contribution in [2.75, 3.05) is 26.2 Å². The molecule has 1 N–H and O–H groups in total. The fourth-order valence-electron chi connectivity index (χ4n) is 3.77. The SMILES string of the molecule is CCCC1CCN(C(=O)C2(CC)CCCNC2)CC1. The third kappa shape index (κ3) is 3.31. The first-order chi connectivity index (χ1) is 9.22. The van der Waals surface area contributed by atoms with Crippen LogP contribution in [-0.4, -0.2) is 37.0 Å². The molecule has 2 aliphatic rings. The average Bonchev–Trinajstić information content (AvgIpc) is 2.48. The molecule has 0 aromatic rings. The van der Waals surface area contributed by atoms with Crippen molar-refractivity contribution in [3.8, 4) is 0 Å². The highest BCUT2D eigenvalue weighted by atomic mass is 16.2. The van der Waals surface area contributed by atoms with Crippen molar-refractivity contribution in [1.82, 2.24) is 10.2 Å². The molecule has 3 heteroatoms. The van der Waals surface area contributed by atoms with Gasteiger partial charge >= 0.3 is 0 Å². The van der Waals surface area contributed by atoms with Crippen LogP contribution in [0.3, 0.4) is 0 Å². The minimum Gasteiger partial charge on any atom is -0.342 e. The van der Waals surface area contributed by atoms with E-state index in [1.807, 2.05) is 0 Å². The van der Waals surface area contributed by atoms with E-state index in [1.165, 1.54) is 25.7 Å². The van der Waals surface area contributed by atoms with Crippen LogP contribution in [0.15, 0.2) is 0 Å². The molecule has 0 aliphatic carbocycles. The van der Waals surface area contributed by atoms with Gasteiger partial charge in [-0.25, -0.2) is 0 Å². The van der Waals surface area contributed by atoms with Crippen LogP contribution in [0.25, 0.3) is 0 Å². The van der Waals surface area contributed by atoms with Crippen molar-refractivity contribution in [3.63, 3.8) is 0 Å². The minimum atomic E-state index is -0.101. The first-order valence-corrected chi connectivity index (χ1v) is 8.22.